The summed E-state index contributed by atoms with van der Waals surface area (Å²) in [5.74, 6) is 0.628. The fourth-order valence-electron chi connectivity index (χ4n) is 3.26. The van der Waals surface area contributed by atoms with E-state index in [1.165, 1.54) is 11.3 Å². The van der Waals surface area contributed by atoms with Crippen molar-refractivity contribution in [2.45, 2.75) is 26.4 Å². The highest BCUT2D eigenvalue weighted by Gasteiger charge is 2.21. The third-order valence-corrected chi connectivity index (χ3v) is 6.96. The van der Waals surface area contributed by atoms with Crippen LogP contribution >= 0.6 is 11.3 Å². The summed E-state index contributed by atoms with van der Waals surface area (Å²) >= 11 is 1.39. The number of amides is 1. The summed E-state index contributed by atoms with van der Waals surface area (Å²) in [6.45, 7) is 2.43. The van der Waals surface area contributed by atoms with Crippen molar-refractivity contribution < 1.29 is 17.6 Å². The molecule has 1 aromatic carbocycles. The minimum Gasteiger partial charge on any atom is -0.467 e. The van der Waals surface area contributed by atoms with Crippen LogP contribution in [0.2, 0.25) is 0 Å². The number of furan rings is 1. The number of hydrogen-bond acceptors (Lipinski definition) is 6. The highest BCUT2D eigenvalue weighted by atomic mass is 32.2. The Morgan fingerprint density at radius 1 is 1.13 bits per heavy atom. The summed E-state index contributed by atoms with van der Waals surface area (Å²) in [4.78, 5) is 17.5. The molecule has 0 saturated carbocycles. The lowest BCUT2D eigenvalue weighted by Crippen LogP contribution is -2.30. The van der Waals surface area contributed by atoms with Gasteiger partial charge in [-0.1, -0.05) is 13.0 Å². The molecule has 7 nitrogen and oxygen atoms in total. The SMILES string of the molecule is CCCS(=O)(=O)Nc1ccc(N(C)C)c(CN(Cc2ccco2)C(=O)c2cccs2)c1. The Morgan fingerprint density at radius 2 is 1.94 bits per heavy atom. The lowest BCUT2D eigenvalue weighted by Gasteiger charge is -2.25. The van der Waals surface area contributed by atoms with Gasteiger partial charge in [0.1, 0.15) is 5.76 Å². The lowest BCUT2D eigenvalue weighted by molar-refractivity contribution is 0.0723. The molecule has 0 aliphatic carbocycles. The van der Waals surface area contributed by atoms with Gasteiger partial charge in [0.25, 0.3) is 5.91 Å². The molecule has 0 atom stereocenters. The Kier molecular flexibility index (Phi) is 7.40. The first-order valence-corrected chi connectivity index (χ1v) is 12.5. The largest absolute Gasteiger partial charge is 0.467 e. The molecule has 3 aromatic rings. The summed E-state index contributed by atoms with van der Waals surface area (Å²) in [6.07, 6.45) is 2.11. The summed E-state index contributed by atoms with van der Waals surface area (Å²) < 4.78 is 32.6. The monoisotopic (exact) mass is 461 g/mol. The van der Waals surface area contributed by atoms with Gasteiger partial charge in [0.05, 0.1) is 23.4 Å². The van der Waals surface area contributed by atoms with Crippen molar-refractivity contribution in [3.05, 3.63) is 70.3 Å². The van der Waals surface area contributed by atoms with Crippen LogP contribution in [0.25, 0.3) is 0 Å². The van der Waals surface area contributed by atoms with Crippen LogP contribution in [0.5, 0.6) is 0 Å². The van der Waals surface area contributed by atoms with Crippen molar-refractivity contribution in [1.82, 2.24) is 4.90 Å². The van der Waals surface area contributed by atoms with Gasteiger partial charge in [-0.15, -0.1) is 11.3 Å². The molecule has 1 amide bonds. The van der Waals surface area contributed by atoms with Crippen molar-refractivity contribution in [3.63, 3.8) is 0 Å². The molecule has 2 heterocycles. The standard InChI is InChI=1S/C22H27N3O4S2/c1-4-13-31(27,28)23-18-9-10-20(24(2)3)17(14-18)15-25(16-19-7-5-11-29-19)22(26)21-8-6-12-30-21/h5-12,14,23H,4,13,15-16H2,1-3H3. The summed E-state index contributed by atoms with van der Waals surface area (Å²) in [5, 5.41) is 1.87. The van der Waals surface area contributed by atoms with E-state index < -0.39 is 10.0 Å². The predicted octanol–water partition coefficient (Wildman–Crippen LogP) is 4.40. The number of thiophene rings is 1. The smallest absolute Gasteiger partial charge is 0.264 e. The summed E-state index contributed by atoms with van der Waals surface area (Å²) in [5.41, 5.74) is 2.22. The second-order valence-electron chi connectivity index (χ2n) is 7.38. The number of benzene rings is 1. The Labute approximate surface area is 187 Å². The van der Waals surface area contributed by atoms with Crippen molar-refractivity contribution in [1.29, 1.82) is 0 Å². The third-order valence-electron chi connectivity index (χ3n) is 4.61. The van der Waals surface area contributed by atoms with Gasteiger partial charge in [-0.05, 0) is 53.8 Å². The molecule has 2 aromatic heterocycles. The van der Waals surface area contributed by atoms with Crippen LogP contribution in [-0.2, 0) is 23.1 Å². The zero-order chi connectivity index (χ0) is 22.4. The number of hydrogen-bond donors (Lipinski definition) is 1. The molecule has 9 heteroatoms. The zero-order valence-electron chi connectivity index (χ0n) is 17.9. The van der Waals surface area contributed by atoms with Gasteiger partial charge in [0.2, 0.25) is 10.0 Å². The van der Waals surface area contributed by atoms with Crippen LogP contribution in [0.3, 0.4) is 0 Å². The highest BCUT2D eigenvalue weighted by Crippen LogP contribution is 2.27. The van der Waals surface area contributed by atoms with Crippen LogP contribution in [0.15, 0.2) is 58.5 Å². The molecule has 0 aliphatic rings. The van der Waals surface area contributed by atoms with Gasteiger partial charge in [-0.2, -0.15) is 0 Å². The van der Waals surface area contributed by atoms with Crippen molar-refractivity contribution in [2.75, 3.05) is 29.5 Å². The van der Waals surface area contributed by atoms with E-state index in [1.807, 2.05) is 49.5 Å². The molecule has 0 unspecified atom stereocenters. The van der Waals surface area contributed by atoms with Crippen molar-refractivity contribution >= 4 is 38.6 Å². The van der Waals surface area contributed by atoms with Crippen molar-refractivity contribution in [2.24, 2.45) is 0 Å². The van der Waals surface area contributed by atoms with Gasteiger partial charge in [-0.3, -0.25) is 9.52 Å². The number of sulfonamides is 1. The second kappa shape index (κ2) is 10.0. The van der Waals surface area contributed by atoms with E-state index in [9.17, 15) is 13.2 Å². The quantitative estimate of drug-likeness (QED) is 0.484. The fourth-order valence-corrected chi connectivity index (χ4v) is 5.08. The topological polar surface area (TPSA) is 82.9 Å². The highest BCUT2D eigenvalue weighted by molar-refractivity contribution is 7.92. The number of nitrogens with zero attached hydrogens (tertiary/aromatic N) is 2. The molecular weight excluding hydrogens is 434 g/mol. The van der Waals surface area contributed by atoms with Crippen molar-refractivity contribution in [3.8, 4) is 0 Å². The lowest BCUT2D eigenvalue weighted by atomic mass is 10.1. The normalized spacial score (nSPS) is 11.3. The van der Waals surface area contributed by atoms with Gasteiger partial charge in [0.15, 0.2) is 0 Å². The van der Waals surface area contributed by atoms with Crippen LogP contribution in [0.1, 0.15) is 34.3 Å². The van der Waals surface area contributed by atoms with Crippen LogP contribution in [0, 0.1) is 0 Å². The average molecular weight is 462 g/mol. The predicted molar refractivity (Wildman–Crippen MR) is 125 cm³/mol. The van der Waals surface area contributed by atoms with Crippen LogP contribution in [0.4, 0.5) is 11.4 Å². The molecule has 31 heavy (non-hydrogen) atoms. The van der Waals surface area contributed by atoms with E-state index in [4.69, 9.17) is 4.42 Å². The first-order chi connectivity index (χ1) is 14.8. The minimum absolute atomic E-state index is 0.0548. The Balaban J connectivity index is 1.94. The van der Waals surface area contributed by atoms with Gasteiger partial charge in [0, 0.05) is 32.0 Å². The minimum atomic E-state index is -3.41. The van der Waals surface area contributed by atoms with E-state index in [-0.39, 0.29) is 11.7 Å². The first-order valence-electron chi connectivity index (χ1n) is 9.95. The van der Waals surface area contributed by atoms with Gasteiger partial charge < -0.3 is 14.2 Å². The molecule has 1 N–H and O–H groups in total. The molecule has 0 saturated heterocycles. The molecule has 166 valence electrons. The molecular formula is C22H27N3O4S2. The van der Waals surface area contributed by atoms with E-state index in [0.717, 1.165) is 11.3 Å². The number of rotatable bonds is 10. The number of carbonyl (C=O) groups excluding carboxylic acids is 1. The Bertz CT molecular complexity index is 1090. The number of carbonyl (C=O) groups is 1. The molecule has 0 aliphatic heterocycles. The average Bonchev–Trinajstić information content (AvgIpc) is 3.40. The van der Waals surface area contributed by atoms with E-state index in [2.05, 4.69) is 4.72 Å². The first kappa shape index (κ1) is 22.9. The van der Waals surface area contributed by atoms with Crippen LogP contribution in [-0.4, -0.2) is 39.1 Å². The van der Waals surface area contributed by atoms with E-state index in [1.54, 1.807) is 35.4 Å². The maximum Gasteiger partial charge on any atom is 0.264 e. The van der Waals surface area contributed by atoms with Crippen LogP contribution < -0.4 is 9.62 Å². The third kappa shape index (κ3) is 6.11. The molecule has 0 fully saturated rings. The second-order valence-corrected chi connectivity index (χ2v) is 10.2. The zero-order valence-corrected chi connectivity index (χ0v) is 19.5. The van der Waals surface area contributed by atoms with E-state index in [0.29, 0.717) is 35.8 Å². The molecule has 0 radical (unpaired) electrons. The number of nitrogens with one attached hydrogen (secondary N) is 1. The Hall–Kier alpha value is -2.78. The fraction of sp³-hybridized carbons (Fsp3) is 0.318. The number of anilines is 2. The maximum atomic E-state index is 13.2. The molecule has 0 spiro atoms. The summed E-state index contributed by atoms with van der Waals surface area (Å²) in [7, 11) is 0.415. The molecule has 3 rings (SSSR count). The summed E-state index contributed by atoms with van der Waals surface area (Å²) in [6, 6.07) is 12.7. The van der Waals surface area contributed by atoms with Gasteiger partial charge >= 0.3 is 0 Å². The molecule has 0 bridgehead atoms. The Morgan fingerprint density at radius 3 is 2.55 bits per heavy atom. The maximum absolute atomic E-state index is 13.2. The van der Waals surface area contributed by atoms with Gasteiger partial charge in [-0.25, -0.2) is 8.42 Å². The van der Waals surface area contributed by atoms with E-state index >= 15 is 0 Å².